The summed E-state index contributed by atoms with van der Waals surface area (Å²) >= 11 is 0. The Balaban J connectivity index is 1.63. The molecule has 0 aromatic rings. The van der Waals surface area contributed by atoms with E-state index in [1.165, 1.54) is 57.8 Å². The highest BCUT2D eigenvalue weighted by molar-refractivity contribution is 5.23. The van der Waals surface area contributed by atoms with Crippen LogP contribution in [-0.4, -0.2) is 5.21 Å². The van der Waals surface area contributed by atoms with Crippen LogP contribution in [0.1, 0.15) is 71.6 Å². The number of rotatable bonds is 1. The molecule has 4 aliphatic carbocycles. The van der Waals surface area contributed by atoms with Crippen LogP contribution in [0.4, 0.5) is 0 Å². The highest BCUT2D eigenvalue weighted by Crippen LogP contribution is 2.65. The Kier molecular flexibility index (Phi) is 3.19. The summed E-state index contributed by atoms with van der Waals surface area (Å²) in [5.41, 5.74) is 4.48. The van der Waals surface area contributed by atoms with Gasteiger partial charge in [0.2, 0.25) is 0 Å². The fraction of sp³-hybridized carbons (Fsp3) is 0.895. The maximum absolute atomic E-state index is 9.49. The second-order valence-corrected chi connectivity index (χ2v) is 8.82. The fourth-order valence-electron chi connectivity index (χ4n) is 7.04. The maximum Gasteiger partial charge on any atom is 0.0398 e. The normalized spacial score (nSPS) is 52.4. The van der Waals surface area contributed by atoms with E-state index in [1.54, 1.807) is 0 Å². The van der Waals surface area contributed by atoms with E-state index in [4.69, 9.17) is 0 Å². The Morgan fingerprint density at radius 3 is 2.71 bits per heavy atom. The molecule has 6 atom stereocenters. The highest BCUT2D eigenvalue weighted by atomic mass is 16.5. The summed E-state index contributed by atoms with van der Waals surface area (Å²) in [6.07, 6.45) is 14.9. The number of hydrogen-bond donors (Lipinski definition) is 2. The number of fused-ring (bicyclic) bond motifs is 5. The van der Waals surface area contributed by atoms with Crippen LogP contribution < -0.4 is 5.48 Å². The molecule has 0 bridgehead atoms. The van der Waals surface area contributed by atoms with E-state index in [2.05, 4.69) is 25.4 Å². The summed E-state index contributed by atoms with van der Waals surface area (Å²) in [6, 6.07) is 0. The summed E-state index contributed by atoms with van der Waals surface area (Å²) < 4.78 is 0. The number of allylic oxidation sites excluding steroid dienone is 2. The minimum absolute atomic E-state index is 0.216. The summed E-state index contributed by atoms with van der Waals surface area (Å²) in [7, 11) is 0. The SMILES string of the molecule is C[C@@]12CCCC[C@H]1CC[C@H]1[C@H]2CC[C@]2(C)C(NO)=CC[C@@H]12. The zero-order chi connectivity index (χ0) is 14.7. The van der Waals surface area contributed by atoms with Gasteiger partial charge in [0.15, 0.2) is 0 Å². The molecule has 0 aromatic carbocycles. The minimum atomic E-state index is 0.216. The van der Waals surface area contributed by atoms with Gasteiger partial charge in [0.25, 0.3) is 0 Å². The van der Waals surface area contributed by atoms with Gasteiger partial charge in [0.1, 0.15) is 0 Å². The molecule has 0 saturated heterocycles. The first-order valence-electron chi connectivity index (χ1n) is 9.20. The molecule has 0 radical (unpaired) electrons. The van der Waals surface area contributed by atoms with Gasteiger partial charge in [-0.3, -0.25) is 10.7 Å². The molecule has 3 saturated carbocycles. The molecule has 2 N–H and O–H groups in total. The second kappa shape index (κ2) is 4.75. The maximum atomic E-state index is 9.49. The zero-order valence-electron chi connectivity index (χ0n) is 13.7. The Labute approximate surface area is 129 Å². The van der Waals surface area contributed by atoms with Crippen LogP contribution in [0.5, 0.6) is 0 Å². The van der Waals surface area contributed by atoms with Gasteiger partial charge in [0, 0.05) is 11.1 Å². The third kappa shape index (κ3) is 1.81. The fourth-order valence-corrected chi connectivity index (χ4v) is 7.04. The lowest BCUT2D eigenvalue weighted by molar-refractivity contribution is -0.102. The second-order valence-electron chi connectivity index (χ2n) is 8.82. The smallest absolute Gasteiger partial charge is 0.0398 e. The molecule has 0 heterocycles. The lowest BCUT2D eigenvalue weighted by Crippen LogP contribution is -2.52. The molecule has 0 unspecified atom stereocenters. The molecular formula is C19H31NO. The first-order chi connectivity index (χ1) is 10.1. The van der Waals surface area contributed by atoms with Crippen LogP contribution in [0.25, 0.3) is 0 Å². The van der Waals surface area contributed by atoms with Crippen molar-refractivity contribution in [3.63, 3.8) is 0 Å². The van der Waals surface area contributed by atoms with E-state index < -0.39 is 0 Å². The monoisotopic (exact) mass is 289 g/mol. The van der Waals surface area contributed by atoms with Crippen LogP contribution in [0.3, 0.4) is 0 Å². The first kappa shape index (κ1) is 14.1. The largest absolute Gasteiger partial charge is 0.291 e. The molecule has 0 aromatic heterocycles. The Morgan fingerprint density at radius 2 is 1.90 bits per heavy atom. The van der Waals surface area contributed by atoms with E-state index in [9.17, 15) is 5.21 Å². The third-order valence-electron chi connectivity index (χ3n) is 8.28. The molecule has 0 aliphatic heterocycles. The average Bonchev–Trinajstić information content (AvgIpc) is 2.83. The first-order valence-corrected chi connectivity index (χ1v) is 9.20. The molecule has 2 heteroatoms. The van der Waals surface area contributed by atoms with Crippen molar-refractivity contribution in [3.05, 3.63) is 11.8 Å². The van der Waals surface area contributed by atoms with E-state index in [-0.39, 0.29) is 5.41 Å². The van der Waals surface area contributed by atoms with Crippen molar-refractivity contribution in [2.24, 2.45) is 34.5 Å². The lowest BCUT2D eigenvalue weighted by atomic mass is 9.45. The Hall–Kier alpha value is -0.500. The van der Waals surface area contributed by atoms with Crippen molar-refractivity contribution >= 4 is 0 Å². The minimum Gasteiger partial charge on any atom is -0.291 e. The van der Waals surface area contributed by atoms with Crippen LogP contribution in [-0.2, 0) is 0 Å². The predicted molar refractivity (Wildman–Crippen MR) is 84.7 cm³/mol. The van der Waals surface area contributed by atoms with Gasteiger partial charge in [-0.1, -0.05) is 32.8 Å². The molecule has 0 amide bonds. The van der Waals surface area contributed by atoms with E-state index in [0.717, 1.165) is 29.4 Å². The number of nitrogens with one attached hydrogen (secondary N) is 1. The Bertz CT molecular complexity index is 458. The van der Waals surface area contributed by atoms with Gasteiger partial charge in [-0.05, 0) is 74.0 Å². The standard InChI is InChI=1S/C19H31NO/c1-18-11-4-3-5-13(18)6-7-14-15-8-9-17(20-21)19(15,2)12-10-16(14)18/h9,13-16,20-21H,3-8,10-12H2,1-2H3/t13-,14+,15-,16+,18+,19-/m0/s1. The Morgan fingerprint density at radius 1 is 1.05 bits per heavy atom. The van der Waals surface area contributed by atoms with Gasteiger partial charge in [-0.2, -0.15) is 0 Å². The summed E-state index contributed by atoms with van der Waals surface area (Å²) in [5.74, 6) is 3.61. The number of hydroxylamine groups is 1. The summed E-state index contributed by atoms with van der Waals surface area (Å²) in [5, 5.41) is 9.49. The topological polar surface area (TPSA) is 32.3 Å². The van der Waals surface area contributed by atoms with Crippen molar-refractivity contribution in [1.29, 1.82) is 0 Å². The van der Waals surface area contributed by atoms with Gasteiger partial charge < -0.3 is 0 Å². The van der Waals surface area contributed by atoms with E-state index in [1.807, 2.05) is 0 Å². The van der Waals surface area contributed by atoms with E-state index in [0.29, 0.717) is 5.41 Å². The molecule has 0 spiro atoms. The molecule has 4 rings (SSSR count). The van der Waals surface area contributed by atoms with Crippen molar-refractivity contribution in [2.75, 3.05) is 0 Å². The molecule has 118 valence electrons. The lowest BCUT2D eigenvalue weighted by Gasteiger charge is -2.60. The highest BCUT2D eigenvalue weighted by Gasteiger charge is 2.57. The van der Waals surface area contributed by atoms with Gasteiger partial charge in [-0.25, -0.2) is 0 Å². The summed E-state index contributed by atoms with van der Waals surface area (Å²) in [6.45, 7) is 5.02. The quantitative estimate of drug-likeness (QED) is 0.673. The summed E-state index contributed by atoms with van der Waals surface area (Å²) in [4.78, 5) is 0. The van der Waals surface area contributed by atoms with Gasteiger partial charge >= 0.3 is 0 Å². The van der Waals surface area contributed by atoms with Crippen LogP contribution >= 0.6 is 0 Å². The average molecular weight is 289 g/mol. The number of hydrogen-bond acceptors (Lipinski definition) is 2. The third-order valence-corrected chi connectivity index (χ3v) is 8.28. The van der Waals surface area contributed by atoms with Gasteiger partial charge in [0.05, 0.1) is 0 Å². The molecule has 3 fully saturated rings. The molecule has 21 heavy (non-hydrogen) atoms. The van der Waals surface area contributed by atoms with Crippen molar-refractivity contribution in [3.8, 4) is 0 Å². The van der Waals surface area contributed by atoms with Crippen molar-refractivity contribution < 1.29 is 5.21 Å². The molecular weight excluding hydrogens is 258 g/mol. The zero-order valence-corrected chi connectivity index (χ0v) is 13.7. The van der Waals surface area contributed by atoms with E-state index >= 15 is 0 Å². The van der Waals surface area contributed by atoms with Crippen molar-refractivity contribution in [2.45, 2.75) is 71.6 Å². The van der Waals surface area contributed by atoms with Gasteiger partial charge in [-0.15, -0.1) is 0 Å². The molecule has 2 nitrogen and oxygen atoms in total. The molecule has 4 aliphatic rings. The van der Waals surface area contributed by atoms with Crippen LogP contribution in [0, 0.1) is 34.5 Å². The van der Waals surface area contributed by atoms with Crippen LogP contribution in [0.2, 0.25) is 0 Å². The van der Waals surface area contributed by atoms with Crippen LogP contribution in [0.15, 0.2) is 11.8 Å². The predicted octanol–water partition coefficient (Wildman–Crippen LogP) is 4.89. The van der Waals surface area contributed by atoms with Crippen molar-refractivity contribution in [1.82, 2.24) is 5.48 Å².